The van der Waals surface area contributed by atoms with Gasteiger partial charge in [0.25, 0.3) is 0 Å². The van der Waals surface area contributed by atoms with Crippen molar-refractivity contribution in [1.29, 1.82) is 0 Å². The van der Waals surface area contributed by atoms with Gasteiger partial charge in [-0.15, -0.1) is 0 Å². The van der Waals surface area contributed by atoms with Crippen LogP contribution in [0, 0.1) is 11.8 Å². The molecule has 0 aliphatic carbocycles. The van der Waals surface area contributed by atoms with Gasteiger partial charge in [-0.3, -0.25) is 0 Å². The molecule has 1 unspecified atom stereocenters. The minimum Gasteiger partial charge on any atom is -0.435 e. The molecule has 0 amide bonds. The zero-order chi connectivity index (χ0) is 12.8. The van der Waals surface area contributed by atoms with E-state index in [2.05, 4.69) is 25.5 Å². The molecule has 0 aliphatic heterocycles. The van der Waals surface area contributed by atoms with Crippen molar-refractivity contribution in [1.82, 2.24) is 0 Å². The first kappa shape index (κ1) is 13.9. The van der Waals surface area contributed by atoms with Gasteiger partial charge in [0.1, 0.15) is 5.75 Å². The van der Waals surface area contributed by atoms with Gasteiger partial charge in [0.15, 0.2) is 0 Å². The Balaban J connectivity index is 2.61. The van der Waals surface area contributed by atoms with E-state index in [-0.39, 0.29) is 5.75 Å². The lowest BCUT2D eigenvalue weighted by Gasteiger charge is -2.19. The van der Waals surface area contributed by atoms with Crippen molar-refractivity contribution >= 4 is 0 Å². The van der Waals surface area contributed by atoms with Gasteiger partial charge in [-0.2, -0.15) is 8.78 Å². The first-order chi connectivity index (χ1) is 8.02. The Labute approximate surface area is 102 Å². The number of benzene rings is 1. The minimum absolute atomic E-state index is 0.223. The fourth-order valence-electron chi connectivity index (χ4n) is 1.96. The molecule has 0 saturated carbocycles. The quantitative estimate of drug-likeness (QED) is 0.713. The lowest BCUT2D eigenvalue weighted by molar-refractivity contribution is -0.0498. The van der Waals surface area contributed by atoms with Gasteiger partial charge in [0.2, 0.25) is 0 Å². The van der Waals surface area contributed by atoms with Crippen LogP contribution in [0.15, 0.2) is 24.3 Å². The van der Waals surface area contributed by atoms with E-state index in [9.17, 15) is 8.78 Å². The molecular formula is C14H20F2O. The molecular weight excluding hydrogens is 222 g/mol. The SMILES string of the molecule is CCC(Cc1ccc(OC(F)F)cc1)C(C)C. The van der Waals surface area contributed by atoms with E-state index >= 15 is 0 Å². The van der Waals surface area contributed by atoms with Crippen molar-refractivity contribution in [2.24, 2.45) is 11.8 Å². The van der Waals surface area contributed by atoms with Gasteiger partial charge >= 0.3 is 6.61 Å². The van der Waals surface area contributed by atoms with Crippen LogP contribution in [0.3, 0.4) is 0 Å². The Morgan fingerprint density at radius 1 is 1.12 bits per heavy atom. The molecule has 0 aromatic heterocycles. The average Bonchev–Trinajstić information content (AvgIpc) is 2.26. The Morgan fingerprint density at radius 2 is 1.71 bits per heavy atom. The molecule has 0 aliphatic rings. The van der Waals surface area contributed by atoms with Crippen LogP contribution in [0.4, 0.5) is 8.78 Å². The molecule has 1 rings (SSSR count). The molecule has 96 valence electrons. The van der Waals surface area contributed by atoms with Crippen molar-refractivity contribution in [3.8, 4) is 5.75 Å². The molecule has 0 bridgehead atoms. The second-order valence-corrected chi connectivity index (χ2v) is 4.64. The van der Waals surface area contributed by atoms with Crippen LogP contribution in [-0.4, -0.2) is 6.61 Å². The normalized spacial score (nSPS) is 13.1. The second-order valence-electron chi connectivity index (χ2n) is 4.64. The van der Waals surface area contributed by atoms with E-state index in [1.165, 1.54) is 5.56 Å². The van der Waals surface area contributed by atoms with E-state index in [1.807, 2.05) is 12.1 Å². The van der Waals surface area contributed by atoms with E-state index in [1.54, 1.807) is 12.1 Å². The Morgan fingerprint density at radius 3 is 2.12 bits per heavy atom. The summed E-state index contributed by atoms with van der Waals surface area (Å²) in [6.07, 6.45) is 2.12. The molecule has 1 aromatic carbocycles. The van der Waals surface area contributed by atoms with Crippen LogP contribution in [0.2, 0.25) is 0 Å². The summed E-state index contributed by atoms with van der Waals surface area (Å²) >= 11 is 0. The minimum atomic E-state index is -2.75. The largest absolute Gasteiger partial charge is 0.435 e. The van der Waals surface area contributed by atoms with E-state index in [0.29, 0.717) is 11.8 Å². The number of halogens is 2. The van der Waals surface area contributed by atoms with Crippen LogP contribution in [0.5, 0.6) is 5.75 Å². The summed E-state index contributed by atoms with van der Waals surface area (Å²) in [6, 6.07) is 6.94. The topological polar surface area (TPSA) is 9.23 Å². The fourth-order valence-corrected chi connectivity index (χ4v) is 1.96. The third-order valence-corrected chi connectivity index (χ3v) is 3.11. The lowest BCUT2D eigenvalue weighted by atomic mass is 9.87. The maximum Gasteiger partial charge on any atom is 0.387 e. The zero-order valence-corrected chi connectivity index (χ0v) is 10.6. The predicted octanol–water partition coefficient (Wildman–Crippen LogP) is 4.51. The van der Waals surface area contributed by atoms with E-state index in [0.717, 1.165) is 12.8 Å². The standard InChI is InChI=1S/C14H20F2O/c1-4-12(10(2)3)9-11-5-7-13(8-6-11)17-14(15)16/h5-8,10,12,14H,4,9H2,1-3H3. The van der Waals surface area contributed by atoms with Crippen LogP contribution in [0.25, 0.3) is 0 Å². The summed E-state index contributed by atoms with van der Waals surface area (Å²) in [5, 5.41) is 0. The number of hydrogen-bond acceptors (Lipinski definition) is 1. The van der Waals surface area contributed by atoms with Crippen LogP contribution >= 0.6 is 0 Å². The highest BCUT2D eigenvalue weighted by Crippen LogP contribution is 2.22. The third-order valence-electron chi connectivity index (χ3n) is 3.11. The molecule has 1 nitrogen and oxygen atoms in total. The van der Waals surface area contributed by atoms with Crippen molar-refractivity contribution in [3.63, 3.8) is 0 Å². The number of hydrogen-bond donors (Lipinski definition) is 0. The molecule has 1 atom stereocenters. The molecule has 0 fully saturated rings. The molecule has 0 radical (unpaired) electrons. The highest BCUT2D eigenvalue weighted by atomic mass is 19.3. The van der Waals surface area contributed by atoms with Gasteiger partial charge < -0.3 is 4.74 Å². The summed E-state index contributed by atoms with van der Waals surface area (Å²) in [5.74, 6) is 1.50. The maximum atomic E-state index is 12.0. The lowest BCUT2D eigenvalue weighted by Crippen LogP contribution is -2.10. The molecule has 1 aromatic rings. The van der Waals surface area contributed by atoms with Crippen molar-refractivity contribution in [2.45, 2.75) is 40.2 Å². The predicted molar refractivity (Wildman–Crippen MR) is 65.4 cm³/mol. The number of ether oxygens (including phenoxy) is 1. The summed E-state index contributed by atoms with van der Waals surface area (Å²) in [7, 11) is 0. The molecule has 3 heteroatoms. The second kappa shape index (κ2) is 6.58. The third kappa shape index (κ3) is 4.72. The summed E-state index contributed by atoms with van der Waals surface area (Å²) in [5.41, 5.74) is 1.17. The average molecular weight is 242 g/mol. The van der Waals surface area contributed by atoms with Gasteiger partial charge in [0, 0.05) is 0 Å². The summed E-state index contributed by atoms with van der Waals surface area (Å²) in [4.78, 5) is 0. The highest BCUT2D eigenvalue weighted by Gasteiger charge is 2.12. The van der Waals surface area contributed by atoms with Crippen LogP contribution in [0.1, 0.15) is 32.8 Å². The smallest absolute Gasteiger partial charge is 0.387 e. The first-order valence-corrected chi connectivity index (χ1v) is 6.06. The zero-order valence-electron chi connectivity index (χ0n) is 10.6. The monoisotopic (exact) mass is 242 g/mol. The Bertz CT molecular complexity index is 319. The van der Waals surface area contributed by atoms with Crippen LogP contribution < -0.4 is 4.74 Å². The van der Waals surface area contributed by atoms with Crippen molar-refractivity contribution in [2.75, 3.05) is 0 Å². The van der Waals surface area contributed by atoms with E-state index in [4.69, 9.17) is 0 Å². The Kier molecular flexibility index (Phi) is 5.39. The summed E-state index contributed by atoms with van der Waals surface area (Å²) < 4.78 is 28.3. The number of alkyl halides is 2. The molecule has 0 heterocycles. The van der Waals surface area contributed by atoms with Gasteiger partial charge in [-0.25, -0.2) is 0 Å². The van der Waals surface area contributed by atoms with Gasteiger partial charge in [-0.05, 0) is 36.0 Å². The molecule has 0 N–H and O–H groups in total. The summed E-state index contributed by atoms with van der Waals surface area (Å²) in [6.45, 7) is 3.85. The molecule has 0 spiro atoms. The van der Waals surface area contributed by atoms with Crippen molar-refractivity contribution in [3.05, 3.63) is 29.8 Å². The Hall–Kier alpha value is -1.12. The van der Waals surface area contributed by atoms with E-state index < -0.39 is 6.61 Å². The maximum absolute atomic E-state index is 12.0. The van der Waals surface area contributed by atoms with Gasteiger partial charge in [-0.1, -0.05) is 39.3 Å². The molecule has 17 heavy (non-hydrogen) atoms. The van der Waals surface area contributed by atoms with Crippen molar-refractivity contribution < 1.29 is 13.5 Å². The fraction of sp³-hybridized carbons (Fsp3) is 0.571. The highest BCUT2D eigenvalue weighted by molar-refractivity contribution is 5.27. The molecule has 0 saturated heterocycles. The van der Waals surface area contributed by atoms with Crippen LogP contribution in [-0.2, 0) is 6.42 Å². The first-order valence-electron chi connectivity index (χ1n) is 6.06. The van der Waals surface area contributed by atoms with Gasteiger partial charge in [0.05, 0.1) is 0 Å². The number of rotatable bonds is 6.